The molecule has 0 radical (unpaired) electrons. The summed E-state index contributed by atoms with van der Waals surface area (Å²) >= 11 is 0. The number of hydrogen-bond acceptors (Lipinski definition) is 4. The molecule has 1 aliphatic heterocycles. The molecule has 1 unspecified atom stereocenters. The van der Waals surface area contributed by atoms with E-state index in [4.69, 9.17) is 5.53 Å². The lowest BCUT2D eigenvalue weighted by molar-refractivity contribution is -0.147. The normalized spacial score (nSPS) is 26.1. The maximum absolute atomic E-state index is 11.3. The maximum atomic E-state index is 11.3. The quantitative estimate of drug-likeness (QED) is 0.308. The summed E-state index contributed by atoms with van der Waals surface area (Å²) in [5.74, 6) is -0.833. The van der Waals surface area contributed by atoms with E-state index >= 15 is 0 Å². The number of carboxylic acid groups (broad SMARTS) is 1. The Kier molecular flexibility index (Phi) is 4.54. The highest BCUT2D eigenvalue weighted by atomic mass is 16.4. The molecule has 0 aromatic heterocycles. The highest BCUT2D eigenvalue weighted by Gasteiger charge is 2.40. The topological polar surface area (TPSA) is 101 Å². The molecule has 1 aliphatic rings. The second-order valence-electron chi connectivity index (χ2n) is 4.11. The van der Waals surface area contributed by atoms with Gasteiger partial charge < -0.3 is 15.3 Å². The van der Waals surface area contributed by atoms with Gasteiger partial charge in [0, 0.05) is 24.5 Å². The van der Waals surface area contributed by atoms with Crippen molar-refractivity contribution in [1.29, 1.82) is 0 Å². The van der Waals surface area contributed by atoms with Crippen molar-refractivity contribution in [2.75, 3.05) is 33.2 Å². The van der Waals surface area contributed by atoms with Crippen molar-refractivity contribution in [3.63, 3.8) is 0 Å². The predicted octanol–water partition coefficient (Wildman–Crippen LogP) is 0.435. The van der Waals surface area contributed by atoms with Crippen LogP contribution in [-0.2, 0) is 4.79 Å². The fourth-order valence-corrected chi connectivity index (χ4v) is 2.05. The van der Waals surface area contributed by atoms with E-state index in [1.165, 1.54) is 0 Å². The van der Waals surface area contributed by atoms with E-state index in [0.29, 0.717) is 19.5 Å². The van der Waals surface area contributed by atoms with Crippen LogP contribution in [-0.4, -0.2) is 54.7 Å². The average Bonchev–Trinajstić information content (AvgIpc) is 2.24. The van der Waals surface area contributed by atoms with Gasteiger partial charge in [-0.1, -0.05) is 5.11 Å². The van der Waals surface area contributed by atoms with E-state index in [1.54, 1.807) is 0 Å². The van der Waals surface area contributed by atoms with Crippen LogP contribution in [0, 0.1) is 0 Å². The zero-order chi connectivity index (χ0) is 12.0. The van der Waals surface area contributed by atoms with Crippen LogP contribution in [0.1, 0.15) is 12.8 Å². The van der Waals surface area contributed by atoms with Crippen LogP contribution in [0.3, 0.4) is 0 Å². The van der Waals surface area contributed by atoms with Crippen LogP contribution in [0.5, 0.6) is 0 Å². The number of piperidine rings is 1. The van der Waals surface area contributed by atoms with E-state index in [1.807, 2.05) is 11.9 Å². The number of likely N-dealkylation sites (N-methyl/N-ethyl adjacent to an activating group) is 1. The van der Waals surface area contributed by atoms with Crippen molar-refractivity contribution >= 4 is 5.97 Å². The van der Waals surface area contributed by atoms with Crippen molar-refractivity contribution in [1.82, 2.24) is 10.2 Å². The summed E-state index contributed by atoms with van der Waals surface area (Å²) in [5, 5.41) is 15.6. The molecule has 2 N–H and O–H groups in total. The number of carbonyl (C=O) groups is 1. The summed E-state index contributed by atoms with van der Waals surface area (Å²) in [4.78, 5) is 15.9. The molecule has 1 heterocycles. The Bertz CT molecular complexity index is 302. The van der Waals surface area contributed by atoms with Gasteiger partial charge in [-0.25, -0.2) is 0 Å². The zero-order valence-electron chi connectivity index (χ0n) is 9.39. The van der Waals surface area contributed by atoms with Gasteiger partial charge in [0.15, 0.2) is 0 Å². The van der Waals surface area contributed by atoms with Gasteiger partial charge in [0.2, 0.25) is 0 Å². The van der Waals surface area contributed by atoms with E-state index in [-0.39, 0.29) is 6.54 Å². The van der Waals surface area contributed by atoms with Gasteiger partial charge in [-0.3, -0.25) is 4.79 Å². The maximum Gasteiger partial charge on any atom is 0.325 e. The summed E-state index contributed by atoms with van der Waals surface area (Å²) in [7, 11) is 1.91. The number of hydrogen-bond donors (Lipinski definition) is 2. The predicted molar refractivity (Wildman–Crippen MR) is 59.1 cm³/mol. The monoisotopic (exact) mass is 227 g/mol. The Labute approximate surface area is 94.1 Å². The standard InChI is InChI=1S/C9H17N5O2/c1-14-6-2-3-9(7-14,8(15)16)11-4-5-12-13-10/h11H,2-7H2,1H3,(H,15,16). The highest BCUT2D eigenvalue weighted by molar-refractivity contribution is 5.79. The summed E-state index contributed by atoms with van der Waals surface area (Å²) in [6.07, 6.45) is 1.47. The number of azide groups is 1. The lowest BCUT2D eigenvalue weighted by Gasteiger charge is -2.38. The number of aliphatic carboxylic acids is 1. The Hall–Kier alpha value is -1.30. The molecule has 1 rings (SSSR count). The van der Waals surface area contributed by atoms with Crippen LogP contribution in [0.15, 0.2) is 5.11 Å². The molecule has 1 saturated heterocycles. The summed E-state index contributed by atoms with van der Waals surface area (Å²) in [6.45, 7) is 2.07. The molecule has 1 fully saturated rings. The van der Waals surface area contributed by atoms with E-state index < -0.39 is 11.5 Å². The molecule has 0 saturated carbocycles. The van der Waals surface area contributed by atoms with Gasteiger partial charge in [-0.15, -0.1) is 0 Å². The second kappa shape index (κ2) is 5.69. The van der Waals surface area contributed by atoms with Crippen molar-refractivity contribution in [2.24, 2.45) is 5.11 Å². The first kappa shape index (κ1) is 12.8. The fourth-order valence-electron chi connectivity index (χ4n) is 2.05. The van der Waals surface area contributed by atoms with Crippen molar-refractivity contribution in [2.45, 2.75) is 18.4 Å². The molecule has 0 spiro atoms. The summed E-state index contributed by atoms with van der Waals surface area (Å²) in [6, 6.07) is 0. The van der Waals surface area contributed by atoms with E-state index in [9.17, 15) is 9.90 Å². The van der Waals surface area contributed by atoms with Crippen molar-refractivity contribution in [3.8, 4) is 0 Å². The molecular formula is C9H17N5O2. The number of carboxylic acids is 1. The summed E-state index contributed by atoms with van der Waals surface area (Å²) < 4.78 is 0. The minimum atomic E-state index is -0.891. The smallest absolute Gasteiger partial charge is 0.325 e. The Morgan fingerprint density at radius 3 is 3.06 bits per heavy atom. The largest absolute Gasteiger partial charge is 0.480 e. The molecule has 1 atom stereocenters. The van der Waals surface area contributed by atoms with Crippen LogP contribution in [0.4, 0.5) is 0 Å². The van der Waals surface area contributed by atoms with E-state index in [2.05, 4.69) is 15.3 Å². The summed E-state index contributed by atoms with van der Waals surface area (Å²) in [5.41, 5.74) is 7.23. The molecule has 0 amide bonds. The van der Waals surface area contributed by atoms with Crippen LogP contribution in [0.25, 0.3) is 10.4 Å². The van der Waals surface area contributed by atoms with Gasteiger partial charge in [0.25, 0.3) is 0 Å². The van der Waals surface area contributed by atoms with Gasteiger partial charge in [-0.2, -0.15) is 0 Å². The minimum Gasteiger partial charge on any atom is -0.480 e. The lowest BCUT2D eigenvalue weighted by Crippen LogP contribution is -2.61. The zero-order valence-corrected chi connectivity index (χ0v) is 9.39. The van der Waals surface area contributed by atoms with Gasteiger partial charge in [0.1, 0.15) is 5.54 Å². The van der Waals surface area contributed by atoms with Gasteiger partial charge >= 0.3 is 5.97 Å². The third kappa shape index (κ3) is 3.10. The SMILES string of the molecule is CN1CCCC(NCCN=[N+]=[N-])(C(=O)O)C1. The molecule has 0 aromatic rings. The lowest BCUT2D eigenvalue weighted by atomic mass is 9.89. The Morgan fingerprint density at radius 1 is 1.75 bits per heavy atom. The number of likely N-dealkylation sites (tertiary alicyclic amines) is 1. The first-order valence-corrected chi connectivity index (χ1v) is 5.28. The van der Waals surface area contributed by atoms with Crippen LogP contribution < -0.4 is 5.32 Å². The Balaban J connectivity index is 2.57. The third-order valence-corrected chi connectivity index (χ3v) is 2.83. The average molecular weight is 227 g/mol. The molecule has 16 heavy (non-hydrogen) atoms. The number of nitrogens with zero attached hydrogens (tertiary/aromatic N) is 4. The fraction of sp³-hybridized carbons (Fsp3) is 0.889. The number of rotatable bonds is 5. The molecule has 7 nitrogen and oxygen atoms in total. The highest BCUT2D eigenvalue weighted by Crippen LogP contribution is 2.20. The van der Waals surface area contributed by atoms with Gasteiger partial charge in [0.05, 0.1) is 0 Å². The number of nitrogens with one attached hydrogen (secondary N) is 1. The molecule has 7 heteroatoms. The van der Waals surface area contributed by atoms with Crippen LogP contribution in [0.2, 0.25) is 0 Å². The van der Waals surface area contributed by atoms with Crippen LogP contribution >= 0.6 is 0 Å². The first-order valence-electron chi connectivity index (χ1n) is 5.28. The van der Waals surface area contributed by atoms with Crippen molar-refractivity contribution < 1.29 is 9.90 Å². The molecule has 90 valence electrons. The Morgan fingerprint density at radius 2 is 2.50 bits per heavy atom. The molecule has 0 aromatic carbocycles. The second-order valence-corrected chi connectivity index (χ2v) is 4.11. The third-order valence-electron chi connectivity index (χ3n) is 2.83. The molecule has 0 aliphatic carbocycles. The minimum absolute atomic E-state index is 0.273. The van der Waals surface area contributed by atoms with E-state index in [0.717, 1.165) is 13.0 Å². The first-order chi connectivity index (χ1) is 7.60. The molecule has 0 bridgehead atoms. The van der Waals surface area contributed by atoms with Gasteiger partial charge in [-0.05, 0) is 32.0 Å². The molecular weight excluding hydrogens is 210 g/mol. The van der Waals surface area contributed by atoms with Crippen molar-refractivity contribution in [3.05, 3.63) is 10.4 Å².